The van der Waals surface area contributed by atoms with Crippen molar-refractivity contribution in [2.75, 3.05) is 6.56 Å². The van der Waals surface area contributed by atoms with Crippen molar-refractivity contribution in [2.45, 2.75) is 51.1 Å². The molecule has 10 heteroatoms. The molecule has 5 atom stereocenters. The monoisotopic (exact) mass is 376 g/mol. The summed E-state index contributed by atoms with van der Waals surface area (Å²) in [4.78, 5) is 24.4. The number of hydrogen-bond acceptors (Lipinski definition) is 8. The van der Waals surface area contributed by atoms with Gasteiger partial charge in [0.05, 0.1) is 4.11 Å². The maximum Gasteiger partial charge on any atom is 0.323 e. The van der Waals surface area contributed by atoms with Crippen LogP contribution in [-0.4, -0.2) is 63.9 Å². The summed E-state index contributed by atoms with van der Waals surface area (Å²) in [5, 5.41) is 22.8. The number of halogens is 1. The first-order chi connectivity index (χ1) is 13.1. The lowest BCUT2D eigenvalue weighted by Crippen LogP contribution is -2.47. The van der Waals surface area contributed by atoms with Gasteiger partial charge in [-0.3, -0.25) is 9.59 Å². The molecule has 0 spiro atoms. The van der Waals surface area contributed by atoms with Gasteiger partial charge in [-0.25, -0.2) is 4.39 Å². The van der Waals surface area contributed by atoms with Gasteiger partial charge in [0, 0.05) is 11.8 Å². The minimum atomic E-state index is -3.84. The molecule has 1 fully saturated rings. The number of aliphatic hydroxyl groups is 2. The van der Waals surface area contributed by atoms with E-state index in [2.05, 4.69) is 16.6 Å². The number of hydrogen-bond donors (Lipinski definition) is 4. The molecule has 1 saturated heterocycles. The Morgan fingerprint density at radius 2 is 2.31 bits per heavy atom. The van der Waals surface area contributed by atoms with Gasteiger partial charge >= 0.3 is 5.97 Å². The second-order valence-electron chi connectivity index (χ2n) is 6.35. The number of aliphatic hydroxyl groups excluding tert-OH is 2. The molecule has 1 amide bonds. The van der Waals surface area contributed by atoms with Crippen LogP contribution in [-0.2, 0) is 19.1 Å². The van der Waals surface area contributed by atoms with E-state index in [0.29, 0.717) is 0 Å². The highest BCUT2D eigenvalue weighted by molar-refractivity contribution is 5.94. The zero-order chi connectivity index (χ0) is 22.5. The van der Waals surface area contributed by atoms with Crippen LogP contribution in [0.1, 0.15) is 24.9 Å². The molecule has 0 aromatic carbocycles. The Labute approximate surface area is 154 Å². The maximum absolute atomic E-state index is 15.5. The number of esters is 1. The lowest BCUT2D eigenvalue weighted by Gasteiger charge is -2.34. The van der Waals surface area contributed by atoms with Crippen molar-refractivity contribution in [3.63, 3.8) is 0 Å². The summed E-state index contributed by atoms with van der Waals surface area (Å²) >= 11 is 0. The zero-order valence-corrected chi connectivity index (χ0v) is 14.5. The Morgan fingerprint density at radius 1 is 1.69 bits per heavy atom. The highest BCUT2D eigenvalue weighted by Gasteiger charge is 2.58. The minimum Gasteiger partial charge on any atom is -0.458 e. The Hall–Kier alpha value is -2.01. The fourth-order valence-electron chi connectivity index (χ4n) is 2.16. The lowest BCUT2D eigenvalue weighted by atomic mass is 10.1. The second kappa shape index (κ2) is 7.31. The Kier molecular flexibility index (Phi) is 4.55. The molecule has 0 aliphatic carbocycles. The maximum atomic E-state index is 15.5. The van der Waals surface area contributed by atoms with Crippen molar-refractivity contribution in [1.82, 2.24) is 10.2 Å². The van der Waals surface area contributed by atoms with Gasteiger partial charge < -0.3 is 35.6 Å². The standard InChI is InChI=1S/C16H24FN3O6/c1-7(2)10(18)15(24)25-6-16(17)12(22)11(21)14(26-16)20-5-8(3)13(23)19-9(20)4/h5,7,10-12,14,21-22H,4,6,18H2,1-3H3,(H,19,23)/t10-,11+,12-,14+,16+/m0/s1/i6D2,14D. The largest absolute Gasteiger partial charge is 0.458 e. The van der Waals surface area contributed by atoms with Gasteiger partial charge in [0.15, 0.2) is 12.8 Å². The molecule has 146 valence electrons. The Bertz CT molecular complexity index is 766. The molecule has 0 aromatic heterocycles. The number of carbonyl (C=O) groups is 2. The molecule has 2 heterocycles. The van der Waals surface area contributed by atoms with E-state index < -0.39 is 54.7 Å². The van der Waals surface area contributed by atoms with E-state index in [1.165, 1.54) is 6.92 Å². The summed E-state index contributed by atoms with van der Waals surface area (Å²) < 4.78 is 48.8. The average Bonchev–Trinajstić information content (AvgIpc) is 2.79. The number of nitrogens with one attached hydrogen (secondary N) is 1. The Morgan fingerprint density at radius 3 is 2.88 bits per heavy atom. The van der Waals surface area contributed by atoms with Gasteiger partial charge in [-0.15, -0.1) is 0 Å². The van der Waals surface area contributed by atoms with Gasteiger partial charge in [0.1, 0.15) is 24.1 Å². The first kappa shape index (κ1) is 16.2. The van der Waals surface area contributed by atoms with Crippen LogP contribution in [0.3, 0.4) is 0 Å². The summed E-state index contributed by atoms with van der Waals surface area (Å²) in [5.41, 5.74) is 5.61. The zero-order valence-electron chi connectivity index (χ0n) is 17.5. The van der Waals surface area contributed by atoms with Gasteiger partial charge in [0.2, 0.25) is 0 Å². The minimum absolute atomic E-state index is 0.0445. The normalized spacial score (nSPS) is 38.2. The molecule has 26 heavy (non-hydrogen) atoms. The predicted octanol–water partition coefficient (Wildman–Crippen LogP) is -0.936. The topological polar surface area (TPSA) is 134 Å². The Balaban J connectivity index is 2.39. The SMILES string of the molecule is [2H]C([2H])(OC(=O)[C@@H](N)C(C)C)[C@@]1(F)O[C@@]([2H])(N2C=C(C)C(=O)NC2=C)[C@H](O)[C@@H]1O. The smallest absolute Gasteiger partial charge is 0.323 e. The molecular weight excluding hydrogens is 349 g/mol. The quantitative estimate of drug-likeness (QED) is 0.452. The van der Waals surface area contributed by atoms with Gasteiger partial charge in [0.25, 0.3) is 11.8 Å². The van der Waals surface area contributed by atoms with Crippen LogP contribution in [0, 0.1) is 5.92 Å². The van der Waals surface area contributed by atoms with Crippen molar-refractivity contribution in [3.05, 3.63) is 24.2 Å². The predicted molar refractivity (Wildman–Crippen MR) is 87.4 cm³/mol. The number of nitrogens with two attached hydrogens (primary N) is 1. The van der Waals surface area contributed by atoms with E-state index in [4.69, 9.17) is 14.6 Å². The van der Waals surface area contributed by atoms with Crippen LogP contribution in [0.4, 0.5) is 4.39 Å². The lowest BCUT2D eigenvalue weighted by molar-refractivity contribution is -0.219. The van der Waals surface area contributed by atoms with Crippen molar-refractivity contribution in [2.24, 2.45) is 11.7 Å². The summed E-state index contributed by atoms with van der Waals surface area (Å²) in [6.07, 6.45) is -6.82. The van der Waals surface area contributed by atoms with E-state index in [1.807, 2.05) is 0 Å². The highest BCUT2D eigenvalue weighted by atomic mass is 19.2. The molecule has 0 unspecified atom stereocenters. The fraction of sp³-hybridized carbons (Fsp3) is 0.625. The van der Waals surface area contributed by atoms with Crippen LogP contribution in [0.15, 0.2) is 24.2 Å². The fourth-order valence-corrected chi connectivity index (χ4v) is 2.16. The number of carbonyl (C=O) groups excluding carboxylic acids is 2. The summed E-state index contributed by atoms with van der Waals surface area (Å²) in [6, 6.07) is -1.29. The van der Waals surface area contributed by atoms with Crippen LogP contribution in [0.5, 0.6) is 0 Å². The number of rotatable bonds is 5. The third kappa shape index (κ3) is 3.73. The third-order valence-corrected chi connectivity index (χ3v) is 3.93. The first-order valence-electron chi connectivity index (χ1n) is 9.30. The first-order valence-corrected chi connectivity index (χ1v) is 7.80. The summed E-state index contributed by atoms with van der Waals surface area (Å²) in [6.45, 7) is 4.30. The van der Waals surface area contributed by atoms with Crippen LogP contribution < -0.4 is 11.1 Å². The molecule has 2 aliphatic heterocycles. The number of nitrogens with zero attached hydrogens (tertiary/aromatic N) is 1. The number of amides is 1. The van der Waals surface area contributed by atoms with Crippen molar-refractivity contribution >= 4 is 11.9 Å². The van der Waals surface area contributed by atoms with Crippen molar-refractivity contribution in [3.8, 4) is 0 Å². The average molecular weight is 376 g/mol. The molecule has 2 rings (SSSR count). The molecule has 0 saturated carbocycles. The van der Waals surface area contributed by atoms with Crippen LogP contribution >= 0.6 is 0 Å². The van der Waals surface area contributed by atoms with Crippen LogP contribution in [0.2, 0.25) is 0 Å². The number of ether oxygens (including phenoxy) is 2. The van der Waals surface area contributed by atoms with Gasteiger partial charge in [-0.1, -0.05) is 20.4 Å². The number of alkyl halides is 1. The third-order valence-electron chi connectivity index (χ3n) is 3.93. The molecule has 0 radical (unpaired) electrons. The molecule has 9 nitrogen and oxygen atoms in total. The van der Waals surface area contributed by atoms with E-state index in [-0.39, 0.29) is 11.4 Å². The summed E-state index contributed by atoms with van der Waals surface area (Å²) in [7, 11) is 0. The molecule has 0 aromatic rings. The highest BCUT2D eigenvalue weighted by Crippen LogP contribution is 2.36. The van der Waals surface area contributed by atoms with E-state index >= 15 is 4.39 Å². The van der Waals surface area contributed by atoms with E-state index in [9.17, 15) is 19.8 Å². The van der Waals surface area contributed by atoms with Crippen molar-refractivity contribution < 1.29 is 37.8 Å². The molecule has 2 aliphatic rings. The van der Waals surface area contributed by atoms with Crippen molar-refractivity contribution in [1.29, 1.82) is 0 Å². The molecular formula is C16H24FN3O6. The van der Waals surface area contributed by atoms with E-state index in [1.54, 1.807) is 13.8 Å². The second-order valence-corrected chi connectivity index (χ2v) is 6.35. The summed E-state index contributed by atoms with van der Waals surface area (Å²) in [5.74, 6) is -6.46. The van der Waals surface area contributed by atoms with E-state index in [0.717, 1.165) is 11.1 Å². The van der Waals surface area contributed by atoms with Gasteiger partial charge in [-0.2, -0.15) is 0 Å². The van der Waals surface area contributed by atoms with Gasteiger partial charge in [-0.05, 0) is 12.8 Å². The molecule has 0 bridgehead atoms. The molecule has 5 N–H and O–H groups in total. The van der Waals surface area contributed by atoms with Crippen LogP contribution in [0.25, 0.3) is 0 Å².